The first-order valence-electron chi connectivity index (χ1n) is 7.73. The second-order valence-electron chi connectivity index (χ2n) is 5.65. The maximum atomic E-state index is 12.6. The predicted octanol–water partition coefficient (Wildman–Crippen LogP) is 2.84. The second-order valence-corrected chi connectivity index (χ2v) is 6.75. The van der Waals surface area contributed by atoms with Crippen LogP contribution >= 0.6 is 11.3 Å². The molecule has 0 atom stereocenters. The maximum Gasteiger partial charge on any atom is 0.261 e. The smallest absolute Gasteiger partial charge is 0.261 e. The van der Waals surface area contributed by atoms with Crippen LogP contribution in [0.15, 0.2) is 4.52 Å². The minimum absolute atomic E-state index is 0.304. The number of nitrogens with zero attached hydrogens (tertiary/aromatic N) is 1. The van der Waals surface area contributed by atoms with Gasteiger partial charge in [0.2, 0.25) is 0 Å². The Morgan fingerprint density at radius 2 is 2.04 bits per heavy atom. The van der Waals surface area contributed by atoms with Crippen LogP contribution in [0.1, 0.15) is 62.4 Å². The van der Waals surface area contributed by atoms with E-state index >= 15 is 0 Å². The van der Waals surface area contributed by atoms with Gasteiger partial charge in [0, 0.05) is 4.88 Å². The molecule has 3 N–H and O–H groups in total. The molecule has 2 heterocycles. The lowest BCUT2D eigenvalue weighted by atomic mass is 9.95. The molecule has 0 spiro atoms. The number of primary amides is 1. The van der Waals surface area contributed by atoms with Gasteiger partial charge in [-0.1, -0.05) is 12.1 Å². The molecule has 0 aromatic carbocycles. The summed E-state index contributed by atoms with van der Waals surface area (Å²) in [5, 5.41) is 7.28. The number of aromatic nitrogens is 1. The molecular weight excluding hydrogens is 314 g/mol. The van der Waals surface area contributed by atoms with Crippen LogP contribution in [0.25, 0.3) is 0 Å². The summed E-state index contributed by atoms with van der Waals surface area (Å²) < 4.78 is 5.11. The number of anilines is 1. The molecule has 0 aliphatic heterocycles. The van der Waals surface area contributed by atoms with E-state index in [0.29, 0.717) is 34.0 Å². The Hall–Kier alpha value is -2.15. The first-order chi connectivity index (χ1) is 11.0. The molecule has 2 amide bonds. The number of carbonyl (C=O) groups excluding carboxylic acids is 2. The number of nitrogens with two attached hydrogens (primary N) is 1. The van der Waals surface area contributed by atoms with Crippen molar-refractivity contribution in [3.05, 3.63) is 33.0 Å². The molecular formula is C16H19N3O3S. The first-order valence-corrected chi connectivity index (χ1v) is 8.55. The summed E-state index contributed by atoms with van der Waals surface area (Å²) in [6, 6.07) is 0. The van der Waals surface area contributed by atoms with Crippen LogP contribution in [0.3, 0.4) is 0 Å². The molecule has 0 fully saturated rings. The van der Waals surface area contributed by atoms with Gasteiger partial charge in [0.25, 0.3) is 11.8 Å². The number of carbonyl (C=O) groups is 2. The van der Waals surface area contributed by atoms with E-state index in [1.807, 2.05) is 6.92 Å². The fourth-order valence-corrected chi connectivity index (χ4v) is 4.32. The molecule has 2 aromatic rings. The number of thiophene rings is 1. The van der Waals surface area contributed by atoms with Gasteiger partial charge in [0.1, 0.15) is 16.3 Å². The lowest BCUT2D eigenvalue weighted by Gasteiger charge is -2.11. The lowest BCUT2D eigenvalue weighted by molar-refractivity contribution is 0.100. The van der Waals surface area contributed by atoms with Gasteiger partial charge in [0.15, 0.2) is 0 Å². The van der Waals surface area contributed by atoms with Crippen LogP contribution in [0.4, 0.5) is 5.00 Å². The van der Waals surface area contributed by atoms with E-state index in [0.717, 1.165) is 36.1 Å². The number of aryl methyl sites for hydroxylation is 3. The van der Waals surface area contributed by atoms with Crippen molar-refractivity contribution in [2.24, 2.45) is 5.73 Å². The summed E-state index contributed by atoms with van der Waals surface area (Å²) in [4.78, 5) is 25.6. The van der Waals surface area contributed by atoms with Gasteiger partial charge in [-0.3, -0.25) is 9.59 Å². The number of hydrogen-bond donors (Lipinski definition) is 2. The van der Waals surface area contributed by atoms with Crippen LogP contribution < -0.4 is 11.1 Å². The number of hydrogen-bond acceptors (Lipinski definition) is 5. The average Bonchev–Trinajstić information content (AvgIpc) is 3.06. The highest BCUT2D eigenvalue weighted by molar-refractivity contribution is 7.17. The van der Waals surface area contributed by atoms with Gasteiger partial charge in [0.05, 0.1) is 11.3 Å². The van der Waals surface area contributed by atoms with E-state index in [1.165, 1.54) is 11.3 Å². The molecule has 0 saturated heterocycles. The summed E-state index contributed by atoms with van der Waals surface area (Å²) in [6.45, 7) is 3.61. The Kier molecular flexibility index (Phi) is 4.21. The molecule has 1 aliphatic carbocycles. The molecule has 2 aromatic heterocycles. The van der Waals surface area contributed by atoms with Crippen LogP contribution in [-0.2, 0) is 19.3 Å². The molecule has 7 heteroatoms. The van der Waals surface area contributed by atoms with E-state index in [9.17, 15) is 9.59 Å². The number of nitrogens with one attached hydrogen (secondary N) is 1. The standard InChI is InChI=1S/C16H19N3O3S/c1-3-10-12(8(2)22-19-10)15(21)18-16-13(14(17)20)9-6-4-5-7-11(9)23-16/h3-7H2,1-2H3,(H2,17,20)(H,18,21). The third-order valence-electron chi connectivity index (χ3n) is 4.14. The largest absolute Gasteiger partial charge is 0.365 e. The van der Waals surface area contributed by atoms with Gasteiger partial charge < -0.3 is 15.6 Å². The molecule has 0 bridgehead atoms. The maximum absolute atomic E-state index is 12.6. The van der Waals surface area contributed by atoms with Crippen LogP contribution in [0.2, 0.25) is 0 Å². The molecule has 3 rings (SSSR count). The molecule has 0 unspecified atom stereocenters. The Morgan fingerprint density at radius 1 is 1.30 bits per heavy atom. The van der Waals surface area contributed by atoms with Crippen molar-refractivity contribution in [2.45, 2.75) is 46.0 Å². The van der Waals surface area contributed by atoms with Crippen molar-refractivity contribution in [1.29, 1.82) is 0 Å². The average molecular weight is 333 g/mol. The molecule has 122 valence electrons. The highest BCUT2D eigenvalue weighted by Gasteiger charge is 2.27. The van der Waals surface area contributed by atoms with E-state index < -0.39 is 5.91 Å². The van der Waals surface area contributed by atoms with Gasteiger partial charge in [-0.05, 0) is 44.6 Å². The zero-order valence-electron chi connectivity index (χ0n) is 13.2. The summed E-state index contributed by atoms with van der Waals surface area (Å²) in [6.07, 6.45) is 4.52. The van der Waals surface area contributed by atoms with E-state index in [4.69, 9.17) is 10.3 Å². The summed E-state index contributed by atoms with van der Waals surface area (Å²) in [7, 11) is 0. The molecule has 0 saturated carbocycles. The minimum Gasteiger partial charge on any atom is -0.365 e. The Labute approximate surface area is 138 Å². The molecule has 6 nitrogen and oxygen atoms in total. The Morgan fingerprint density at radius 3 is 2.74 bits per heavy atom. The van der Waals surface area contributed by atoms with Crippen molar-refractivity contribution in [1.82, 2.24) is 5.16 Å². The number of fused-ring (bicyclic) bond motifs is 1. The minimum atomic E-state index is -0.488. The fraction of sp³-hybridized carbons (Fsp3) is 0.438. The van der Waals surface area contributed by atoms with E-state index in [2.05, 4.69) is 10.5 Å². The highest BCUT2D eigenvalue weighted by atomic mass is 32.1. The SMILES string of the molecule is CCc1noc(C)c1C(=O)Nc1sc2c(c1C(N)=O)CCCC2. The monoisotopic (exact) mass is 333 g/mol. The van der Waals surface area contributed by atoms with Crippen molar-refractivity contribution in [3.63, 3.8) is 0 Å². The summed E-state index contributed by atoms with van der Waals surface area (Å²) >= 11 is 1.45. The molecule has 23 heavy (non-hydrogen) atoms. The Bertz CT molecular complexity index is 776. The third-order valence-corrected chi connectivity index (χ3v) is 5.35. The van der Waals surface area contributed by atoms with Crippen LogP contribution in [0, 0.1) is 6.92 Å². The van der Waals surface area contributed by atoms with Crippen molar-refractivity contribution < 1.29 is 14.1 Å². The topological polar surface area (TPSA) is 98.2 Å². The van der Waals surface area contributed by atoms with Gasteiger partial charge in [-0.25, -0.2) is 0 Å². The zero-order valence-corrected chi connectivity index (χ0v) is 14.0. The predicted molar refractivity (Wildman–Crippen MR) is 88.1 cm³/mol. The lowest BCUT2D eigenvalue weighted by Crippen LogP contribution is -2.19. The summed E-state index contributed by atoms with van der Waals surface area (Å²) in [5.74, 6) is -0.319. The quantitative estimate of drug-likeness (QED) is 0.899. The summed E-state index contributed by atoms with van der Waals surface area (Å²) in [5.41, 5.74) is 8.07. The Balaban J connectivity index is 1.96. The van der Waals surface area contributed by atoms with E-state index in [1.54, 1.807) is 6.92 Å². The second kappa shape index (κ2) is 6.16. The van der Waals surface area contributed by atoms with Crippen molar-refractivity contribution in [3.8, 4) is 0 Å². The fourth-order valence-electron chi connectivity index (χ4n) is 3.03. The third kappa shape index (κ3) is 2.76. The van der Waals surface area contributed by atoms with Gasteiger partial charge in [-0.15, -0.1) is 11.3 Å². The zero-order chi connectivity index (χ0) is 16.6. The number of amides is 2. The normalized spacial score (nSPS) is 13.7. The molecule has 1 aliphatic rings. The molecule has 0 radical (unpaired) electrons. The number of rotatable bonds is 4. The van der Waals surface area contributed by atoms with Crippen LogP contribution in [0.5, 0.6) is 0 Å². The van der Waals surface area contributed by atoms with Crippen molar-refractivity contribution >= 4 is 28.2 Å². The van der Waals surface area contributed by atoms with Gasteiger partial charge in [-0.2, -0.15) is 0 Å². The van der Waals surface area contributed by atoms with Crippen molar-refractivity contribution in [2.75, 3.05) is 5.32 Å². The van der Waals surface area contributed by atoms with Crippen LogP contribution in [-0.4, -0.2) is 17.0 Å². The first kappa shape index (κ1) is 15.7. The van der Waals surface area contributed by atoms with E-state index in [-0.39, 0.29) is 5.91 Å². The van der Waals surface area contributed by atoms with Gasteiger partial charge >= 0.3 is 0 Å². The highest BCUT2D eigenvalue weighted by Crippen LogP contribution is 2.38.